The second-order valence-electron chi connectivity index (χ2n) is 38.8. The zero-order valence-corrected chi connectivity index (χ0v) is 90.3. The molecule has 0 aliphatic carbocycles. The van der Waals surface area contributed by atoms with Crippen molar-refractivity contribution in [2.75, 3.05) is 154 Å². The van der Waals surface area contributed by atoms with Crippen molar-refractivity contribution in [1.82, 2.24) is 40.0 Å². The molecule has 10 heterocycles. The molecule has 14 amide bonds. The zero-order valence-electron chi connectivity index (χ0n) is 85.5. The molecule has 12 rings (SSSR count). The van der Waals surface area contributed by atoms with Gasteiger partial charge in [0.25, 0.3) is 0 Å². The van der Waals surface area contributed by atoms with Crippen LogP contribution < -0.4 is 20.4 Å². The molecule has 20 atom stereocenters. The van der Waals surface area contributed by atoms with Crippen LogP contribution in [0.5, 0.6) is 0 Å². The largest absolute Gasteiger partial charge is 0.457 e. The van der Waals surface area contributed by atoms with Crippen molar-refractivity contribution in [3.05, 3.63) is 104 Å². The van der Waals surface area contributed by atoms with Crippen LogP contribution in [0.2, 0.25) is 10.0 Å². The van der Waals surface area contributed by atoms with Gasteiger partial charge >= 0.3 is 24.1 Å². The van der Waals surface area contributed by atoms with Gasteiger partial charge in [-0.05, 0) is 101 Å². The van der Waals surface area contributed by atoms with Crippen LogP contribution in [0, 0.1) is 23.7 Å². The molecule has 8 bridgehead atoms. The lowest BCUT2D eigenvalue weighted by Gasteiger charge is -2.42. The first-order chi connectivity index (χ1) is 70.1. The molecule has 816 valence electrons. The van der Waals surface area contributed by atoms with Crippen molar-refractivity contribution in [2.24, 2.45) is 23.7 Å². The van der Waals surface area contributed by atoms with Crippen molar-refractivity contribution in [3.63, 3.8) is 0 Å². The van der Waals surface area contributed by atoms with Crippen molar-refractivity contribution >= 4 is 177 Å². The Bertz CT molecular complexity index is 5070. The van der Waals surface area contributed by atoms with E-state index in [4.69, 9.17) is 70.6 Å². The molecule has 42 nitrogen and oxygen atoms in total. The summed E-state index contributed by atoms with van der Waals surface area (Å²) in [6.45, 7) is 13.0. The number of benzene rings is 2. The van der Waals surface area contributed by atoms with Gasteiger partial charge in [0.2, 0.25) is 70.9 Å². The third-order valence-electron chi connectivity index (χ3n) is 28.7. The Labute approximate surface area is 886 Å². The van der Waals surface area contributed by atoms with Crippen molar-refractivity contribution < 1.29 is 155 Å². The molecule has 8 N–H and O–H groups in total. The second kappa shape index (κ2) is 52.9. The van der Waals surface area contributed by atoms with Crippen LogP contribution in [0.3, 0.4) is 0 Å². The summed E-state index contributed by atoms with van der Waals surface area (Å²) in [5.41, 5.74) is -2.12. The summed E-state index contributed by atoms with van der Waals surface area (Å²) in [6, 6.07) is 4.53. The summed E-state index contributed by atoms with van der Waals surface area (Å²) in [4.78, 5) is 220. The molecule has 0 saturated carbocycles. The molecule has 48 heteroatoms. The summed E-state index contributed by atoms with van der Waals surface area (Å²) in [6.07, 6.45) is 5.42. The van der Waals surface area contributed by atoms with E-state index in [0.717, 1.165) is 44.5 Å². The number of ether oxygens (including phenoxy) is 10. The summed E-state index contributed by atoms with van der Waals surface area (Å²) in [5, 5.41) is 67.9. The first-order valence-electron chi connectivity index (χ1n) is 49.1. The third-order valence-corrected chi connectivity index (χ3v) is 33.9. The predicted octanol–water partition coefficient (Wildman–Crippen LogP) is 4.73. The number of aliphatic hydroxyl groups excluding tert-OH is 4. The van der Waals surface area contributed by atoms with Gasteiger partial charge < -0.3 is 97.6 Å². The molecule has 0 aromatic heterocycles. The molecule has 8 fully saturated rings. The van der Waals surface area contributed by atoms with Gasteiger partial charge in [-0.1, -0.05) is 96.8 Å². The number of epoxide rings is 2. The summed E-state index contributed by atoms with van der Waals surface area (Å²) in [5.74, 6) is -9.02. The number of carbonyl (C=O) groups excluding carboxylic acids is 16. The normalized spacial score (nSPS) is 30.1. The second-order valence-corrected chi connectivity index (χ2v) is 44.2. The van der Waals surface area contributed by atoms with E-state index in [-0.39, 0.29) is 198 Å². The third kappa shape index (κ3) is 29.0. The summed E-state index contributed by atoms with van der Waals surface area (Å²) < 4.78 is 58.2. The summed E-state index contributed by atoms with van der Waals surface area (Å²) >= 11 is 18.5. The SMILES string of the molecule is CSC1CC(=O)N(CCOCCOCCN2C(=O)CC(SCCC(=O)N(C)[C@@H](C)C(=O)O[C@H]3CC(=O)N(C)c4cc(cc(CO)c4Cl)C/C(C)=C/C=C/[C@@H](CO)[C@@]4(O)C[C@H](OC(=O)N4)[C@@H](C)[C@@H]4O[C@@]34C)C2=O)C1=O.CSC1CC(=O)N(CCOCCOCCN2C(=O)CC(SCCC(=O)N(C)[C@@H](C)C(=O)O[C@H]3CC(=O)N(C)c4cc(cc(CO)c4Cl)C/C(C)=C/C=C/[C@@H](CO)[C@@]4(O)C[C@H](OC(=O)N4)[C@@H](C)[C@@H]4O[C@@]34C)C2=O)C1=O. The number of imide groups is 4. The number of esters is 2. The van der Waals surface area contributed by atoms with Gasteiger partial charge in [-0.15, -0.1) is 23.5 Å². The fourth-order valence-electron chi connectivity index (χ4n) is 19.0. The molecule has 10 aliphatic rings. The lowest BCUT2D eigenvalue weighted by Crippen LogP contribution is -2.62. The van der Waals surface area contributed by atoms with Crippen LogP contribution in [0.25, 0.3) is 0 Å². The molecule has 0 spiro atoms. The van der Waals surface area contributed by atoms with Crippen LogP contribution >= 0.6 is 70.2 Å². The molecule has 0 radical (unpaired) electrons. The van der Waals surface area contributed by atoms with Gasteiger partial charge in [0.1, 0.15) is 47.7 Å². The molecule has 2 aromatic rings. The van der Waals surface area contributed by atoms with E-state index in [1.807, 2.05) is 13.8 Å². The topological polar surface area (TPSA) is 543 Å². The molecular weight excluding hydrogens is 2050 g/mol. The van der Waals surface area contributed by atoms with Gasteiger partial charge in [0.15, 0.2) is 11.4 Å². The van der Waals surface area contributed by atoms with E-state index in [9.17, 15) is 107 Å². The van der Waals surface area contributed by atoms with E-state index in [1.165, 1.54) is 95.0 Å². The number of nitrogens with one attached hydrogen (secondary N) is 2. The lowest BCUT2D eigenvalue weighted by molar-refractivity contribution is -0.162. The Kier molecular flexibility index (Phi) is 42.6. The number of fused-ring (bicyclic) bond motifs is 10. The monoisotopic (exact) mass is 2190 g/mol. The minimum atomic E-state index is -1.92. The smallest absolute Gasteiger partial charge is 0.409 e. The first-order valence-corrected chi connectivity index (χ1v) is 54.5. The Morgan fingerprint density at radius 3 is 1.11 bits per heavy atom. The molecule has 148 heavy (non-hydrogen) atoms. The van der Waals surface area contributed by atoms with Crippen LogP contribution in [-0.2, 0) is 141 Å². The van der Waals surface area contributed by atoms with Crippen molar-refractivity contribution in [2.45, 2.75) is 238 Å². The number of halogens is 2. The highest BCUT2D eigenvalue weighted by atomic mass is 35.5. The number of hydrogen-bond acceptors (Lipinski definition) is 36. The van der Waals surface area contributed by atoms with E-state index >= 15 is 0 Å². The number of allylic oxidation sites excluding steroid dienone is 6. The molecule has 4 unspecified atom stereocenters. The maximum Gasteiger partial charge on any atom is 0.409 e. The van der Waals surface area contributed by atoms with Crippen LogP contribution in [0.15, 0.2) is 71.9 Å². The Hall–Kier alpha value is -9.18. The lowest BCUT2D eigenvalue weighted by atomic mass is 9.81. The summed E-state index contributed by atoms with van der Waals surface area (Å²) in [7, 11) is 5.85. The number of alkyl carbamates (subject to hydrolysis) is 2. The number of rotatable bonds is 38. The number of aliphatic hydroxyl groups is 6. The van der Waals surface area contributed by atoms with E-state index in [2.05, 4.69) is 10.6 Å². The number of hydrogen-bond donors (Lipinski definition) is 8. The van der Waals surface area contributed by atoms with Gasteiger partial charge in [-0.2, -0.15) is 23.5 Å². The van der Waals surface area contributed by atoms with Gasteiger partial charge in [-0.25, -0.2) is 19.2 Å². The number of amides is 14. The highest BCUT2D eigenvalue weighted by molar-refractivity contribution is 8.01. The maximum atomic E-state index is 14.3. The highest BCUT2D eigenvalue weighted by Crippen LogP contribution is 2.52. The fraction of sp³-hybridized carbons (Fsp3) is 0.640. The van der Waals surface area contributed by atoms with Crippen LogP contribution in [0.1, 0.15) is 142 Å². The van der Waals surface area contributed by atoms with Crippen LogP contribution in [-0.4, -0.2) is 392 Å². The van der Waals surface area contributed by atoms with E-state index < -0.39 is 204 Å². The maximum absolute atomic E-state index is 14.3. The number of carbonyl (C=O) groups is 16. The van der Waals surface area contributed by atoms with Gasteiger partial charge in [0, 0.05) is 115 Å². The standard InChI is InChI=1S/2C50H68ClN5O16S2/c2*1-28-9-8-10-33(27-58)50(67)25-35(70-48(66)52-50)29(2)44-49(4,72-44)38(24-40(60)54(6)34-21-31(19-28)20-32(26-57)43(34)51)71-47(65)30(3)53(5)39(59)11-18-74-37-23-42(62)56(46(37)64)13-15-69-17-16-68-14-12-55-41(61)22-36(73-7)45(55)63/h2*8-10,20-21,29-30,33,35-38,44,57-58,67H,11-19,22-27H2,1-7H3,(H,52,66)/b2*10-8+,28-9+/t2*29-,30+,33+,35+,36?,37?,38+,44+,49+,50+/m11/s1. The average molecular weight is 2190 g/mol. The molecule has 10 aliphatic heterocycles. The van der Waals surface area contributed by atoms with E-state index in [1.54, 1.807) is 101 Å². The zero-order chi connectivity index (χ0) is 108. The first kappa shape index (κ1) is 119. The Morgan fingerprint density at radius 2 is 0.804 bits per heavy atom. The fourth-order valence-corrected chi connectivity index (χ4v) is 23.1. The number of anilines is 2. The van der Waals surface area contributed by atoms with E-state index in [0.29, 0.717) is 46.5 Å². The number of likely N-dealkylation sites (tertiary alicyclic amines) is 4. The van der Waals surface area contributed by atoms with Crippen molar-refractivity contribution in [1.29, 1.82) is 0 Å². The molecular formula is C100H136Cl2N10O32S4. The average Bonchev–Trinajstić information content (AvgIpc) is 1.57. The van der Waals surface area contributed by atoms with Crippen LogP contribution in [0.4, 0.5) is 21.0 Å². The van der Waals surface area contributed by atoms with Gasteiger partial charge in [-0.3, -0.25) is 87.8 Å². The molecule has 2 aromatic carbocycles. The molecule has 8 saturated heterocycles. The quantitative estimate of drug-likeness (QED) is 0.0148. The Balaban J connectivity index is 0.000000281. The number of likely N-dealkylation sites (N-methyl/N-ethyl adjacent to an activating group) is 2. The highest BCUT2D eigenvalue weighted by Gasteiger charge is 2.67. The Morgan fingerprint density at radius 1 is 0.486 bits per heavy atom. The minimum Gasteiger partial charge on any atom is -0.457 e. The van der Waals surface area contributed by atoms with Gasteiger partial charge in [0.05, 0.1) is 173 Å². The predicted molar refractivity (Wildman–Crippen MR) is 545 cm³/mol. The minimum absolute atomic E-state index is 0.0242. The number of thioether (sulfide) groups is 4. The number of nitrogens with zero attached hydrogens (tertiary/aromatic N) is 8. The van der Waals surface area contributed by atoms with Crippen molar-refractivity contribution in [3.8, 4) is 0 Å².